The lowest BCUT2D eigenvalue weighted by Gasteiger charge is -2.11. The summed E-state index contributed by atoms with van der Waals surface area (Å²) in [4.78, 5) is 0. The van der Waals surface area contributed by atoms with Crippen molar-refractivity contribution >= 4 is 22.6 Å². The van der Waals surface area contributed by atoms with Crippen molar-refractivity contribution < 1.29 is 13.5 Å². The third-order valence-corrected chi connectivity index (χ3v) is 2.18. The number of hydrogen-bond donors (Lipinski definition) is 0. The molecule has 13 heavy (non-hydrogen) atoms. The molecule has 0 heterocycles. The van der Waals surface area contributed by atoms with Crippen LogP contribution >= 0.6 is 22.6 Å². The topological polar surface area (TPSA) is 9.23 Å². The molecule has 1 aromatic carbocycles. The van der Waals surface area contributed by atoms with Crippen molar-refractivity contribution in [3.8, 4) is 5.75 Å². The molecule has 72 valence electrons. The summed E-state index contributed by atoms with van der Waals surface area (Å²) in [7, 11) is 0. The first kappa shape index (κ1) is 10.7. The van der Waals surface area contributed by atoms with Gasteiger partial charge in [0.2, 0.25) is 0 Å². The van der Waals surface area contributed by atoms with E-state index in [2.05, 4.69) is 0 Å². The van der Waals surface area contributed by atoms with E-state index >= 15 is 0 Å². The minimum atomic E-state index is -0.879. The monoisotopic (exact) mass is 298 g/mol. The average Bonchev–Trinajstić information content (AvgIpc) is 1.99. The lowest BCUT2D eigenvalue weighted by molar-refractivity contribution is 0.239. The zero-order chi connectivity index (χ0) is 10.0. The van der Waals surface area contributed by atoms with Gasteiger partial charge in [0, 0.05) is 6.07 Å². The quantitative estimate of drug-likeness (QED) is 0.601. The smallest absolute Gasteiger partial charge is 0.162 e. The van der Waals surface area contributed by atoms with Gasteiger partial charge in [-0.15, -0.1) is 0 Å². The van der Waals surface area contributed by atoms with Crippen molar-refractivity contribution in [2.45, 2.75) is 20.0 Å². The molecule has 0 radical (unpaired) electrons. The predicted molar refractivity (Wildman–Crippen MR) is 54.8 cm³/mol. The maximum absolute atomic E-state index is 12.8. The lowest BCUT2D eigenvalue weighted by Crippen LogP contribution is -2.07. The fourth-order valence-electron chi connectivity index (χ4n) is 0.849. The molecule has 4 heteroatoms. The summed E-state index contributed by atoms with van der Waals surface area (Å²) in [6.45, 7) is 3.66. The van der Waals surface area contributed by atoms with Gasteiger partial charge >= 0.3 is 0 Å². The summed E-state index contributed by atoms with van der Waals surface area (Å²) in [6.07, 6.45) is -0.0432. The Morgan fingerprint density at radius 1 is 1.23 bits per heavy atom. The van der Waals surface area contributed by atoms with E-state index in [4.69, 9.17) is 4.74 Å². The second-order valence-corrected chi connectivity index (χ2v) is 4.03. The molecule has 0 saturated heterocycles. The maximum Gasteiger partial charge on any atom is 0.162 e. The zero-order valence-corrected chi connectivity index (χ0v) is 9.43. The van der Waals surface area contributed by atoms with Crippen molar-refractivity contribution in [3.05, 3.63) is 27.3 Å². The standard InChI is InChI=1S/C9H9F2IO/c1-5(2)13-9-4-7(11)6(10)3-8(9)12/h3-5H,1-2H3. The molecule has 0 aliphatic rings. The number of ether oxygens (including phenoxy) is 1. The number of rotatable bonds is 2. The van der Waals surface area contributed by atoms with Crippen LogP contribution in [-0.4, -0.2) is 6.10 Å². The van der Waals surface area contributed by atoms with Crippen molar-refractivity contribution in [2.24, 2.45) is 0 Å². The molecular formula is C9H9F2IO. The lowest BCUT2D eigenvalue weighted by atomic mass is 10.3. The summed E-state index contributed by atoms with van der Waals surface area (Å²) in [6, 6.07) is 2.19. The molecule has 0 fully saturated rings. The van der Waals surface area contributed by atoms with E-state index in [1.807, 2.05) is 36.4 Å². The second-order valence-electron chi connectivity index (χ2n) is 2.86. The number of hydrogen-bond acceptors (Lipinski definition) is 1. The molecule has 0 aromatic heterocycles. The highest BCUT2D eigenvalue weighted by Gasteiger charge is 2.09. The van der Waals surface area contributed by atoms with Crippen molar-refractivity contribution in [2.75, 3.05) is 0 Å². The van der Waals surface area contributed by atoms with Crippen LogP contribution in [0, 0.1) is 15.2 Å². The van der Waals surface area contributed by atoms with E-state index in [0.29, 0.717) is 9.32 Å². The highest BCUT2D eigenvalue weighted by Crippen LogP contribution is 2.24. The van der Waals surface area contributed by atoms with Crippen LogP contribution in [0.15, 0.2) is 12.1 Å². The fraction of sp³-hybridized carbons (Fsp3) is 0.333. The van der Waals surface area contributed by atoms with Crippen LogP contribution in [0.25, 0.3) is 0 Å². The highest BCUT2D eigenvalue weighted by molar-refractivity contribution is 14.1. The molecular weight excluding hydrogens is 289 g/mol. The van der Waals surface area contributed by atoms with Gasteiger partial charge in [-0.3, -0.25) is 0 Å². The van der Waals surface area contributed by atoms with Gasteiger partial charge in [0.25, 0.3) is 0 Å². The summed E-state index contributed by atoms with van der Waals surface area (Å²) < 4.78 is 31.3. The van der Waals surface area contributed by atoms with Crippen molar-refractivity contribution in [3.63, 3.8) is 0 Å². The van der Waals surface area contributed by atoms with E-state index in [1.54, 1.807) is 0 Å². The maximum atomic E-state index is 12.8. The van der Waals surface area contributed by atoms with Gasteiger partial charge in [-0.1, -0.05) is 0 Å². The summed E-state index contributed by atoms with van der Waals surface area (Å²) >= 11 is 1.90. The Balaban J connectivity index is 3.01. The predicted octanol–water partition coefficient (Wildman–Crippen LogP) is 3.36. The van der Waals surface area contributed by atoms with Gasteiger partial charge in [0.1, 0.15) is 5.75 Å². The molecule has 0 atom stereocenters. The Labute approximate surface area is 89.2 Å². The minimum Gasteiger partial charge on any atom is -0.490 e. The van der Waals surface area contributed by atoms with E-state index in [1.165, 1.54) is 0 Å². The molecule has 0 bridgehead atoms. The molecule has 1 nitrogen and oxygen atoms in total. The number of halogens is 3. The van der Waals surface area contributed by atoms with Crippen LogP contribution in [0.1, 0.15) is 13.8 Å². The van der Waals surface area contributed by atoms with Crippen LogP contribution in [0.5, 0.6) is 5.75 Å². The Kier molecular flexibility index (Phi) is 3.47. The average molecular weight is 298 g/mol. The second kappa shape index (κ2) is 4.21. The van der Waals surface area contributed by atoms with Crippen LogP contribution in [0.4, 0.5) is 8.78 Å². The first-order valence-corrected chi connectivity index (χ1v) is 4.89. The van der Waals surface area contributed by atoms with E-state index in [0.717, 1.165) is 12.1 Å². The van der Waals surface area contributed by atoms with Crippen molar-refractivity contribution in [1.29, 1.82) is 0 Å². The zero-order valence-electron chi connectivity index (χ0n) is 7.27. The molecule has 0 N–H and O–H groups in total. The fourth-order valence-corrected chi connectivity index (χ4v) is 1.40. The van der Waals surface area contributed by atoms with Gasteiger partial charge < -0.3 is 4.74 Å². The largest absolute Gasteiger partial charge is 0.490 e. The van der Waals surface area contributed by atoms with Crippen LogP contribution in [-0.2, 0) is 0 Å². The summed E-state index contributed by atoms with van der Waals surface area (Å²) in [5, 5.41) is 0. The van der Waals surface area contributed by atoms with Gasteiger partial charge in [-0.25, -0.2) is 8.78 Å². The minimum absolute atomic E-state index is 0.0432. The van der Waals surface area contributed by atoms with Gasteiger partial charge in [0.05, 0.1) is 9.67 Å². The summed E-state index contributed by atoms with van der Waals surface area (Å²) in [5.74, 6) is -1.34. The van der Waals surface area contributed by atoms with Crippen LogP contribution in [0.3, 0.4) is 0 Å². The molecule has 1 aromatic rings. The van der Waals surface area contributed by atoms with Crippen LogP contribution < -0.4 is 4.74 Å². The molecule has 0 amide bonds. The third-order valence-electron chi connectivity index (χ3n) is 1.34. The van der Waals surface area contributed by atoms with Gasteiger partial charge in [0.15, 0.2) is 11.6 Å². The first-order valence-electron chi connectivity index (χ1n) is 3.82. The SMILES string of the molecule is CC(C)Oc1cc(F)c(F)cc1I. The molecule has 0 aliphatic carbocycles. The van der Waals surface area contributed by atoms with Gasteiger partial charge in [-0.05, 0) is 42.5 Å². The molecule has 0 spiro atoms. The van der Waals surface area contributed by atoms with E-state index in [-0.39, 0.29) is 6.10 Å². The van der Waals surface area contributed by atoms with Crippen molar-refractivity contribution in [1.82, 2.24) is 0 Å². The molecule has 0 aliphatic heterocycles. The Bertz CT molecular complexity index is 313. The van der Waals surface area contributed by atoms with Gasteiger partial charge in [-0.2, -0.15) is 0 Å². The first-order chi connectivity index (χ1) is 6.00. The Morgan fingerprint density at radius 2 is 1.77 bits per heavy atom. The Hall–Kier alpha value is -0.390. The van der Waals surface area contributed by atoms with E-state index < -0.39 is 11.6 Å². The van der Waals surface area contributed by atoms with E-state index in [9.17, 15) is 8.78 Å². The third kappa shape index (κ3) is 2.79. The molecule has 0 saturated carbocycles. The normalized spacial score (nSPS) is 10.6. The van der Waals surface area contributed by atoms with Crippen LogP contribution in [0.2, 0.25) is 0 Å². The molecule has 1 rings (SSSR count). The number of benzene rings is 1. The Morgan fingerprint density at radius 3 is 2.31 bits per heavy atom. The molecule has 0 unspecified atom stereocenters. The summed E-state index contributed by atoms with van der Waals surface area (Å²) in [5.41, 5.74) is 0. The highest BCUT2D eigenvalue weighted by atomic mass is 127.